The van der Waals surface area contributed by atoms with Crippen LogP contribution in [0, 0.1) is 0 Å². The SMILES string of the molecule is O=C(CN1C[C@]2(C[C@H]2F)c2cc(C(F)(F)F)ccc2C1=O)Nc1ncc2cn[nH]c2n1. The Hall–Kier alpha value is -3.57. The number of aromatic nitrogens is 4. The molecule has 1 aliphatic heterocycles. The second-order valence-corrected chi connectivity index (χ2v) is 7.66. The second kappa shape index (κ2) is 6.46. The average Bonchev–Trinajstić information content (AvgIpc) is 3.12. The van der Waals surface area contributed by atoms with Crippen LogP contribution in [0.15, 0.2) is 30.6 Å². The monoisotopic (exact) mass is 434 g/mol. The first kappa shape index (κ1) is 19.4. The number of carbonyl (C=O) groups is 2. The van der Waals surface area contributed by atoms with Crippen LogP contribution >= 0.6 is 0 Å². The summed E-state index contributed by atoms with van der Waals surface area (Å²) in [6.45, 7) is -0.604. The van der Waals surface area contributed by atoms with Gasteiger partial charge in [0.25, 0.3) is 5.91 Å². The highest BCUT2D eigenvalue weighted by Crippen LogP contribution is 2.55. The van der Waals surface area contributed by atoms with Crippen LogP contribution < -0.4 is 5.32 Å². The molecular weight excluding hydrogens is 420 g/mol. The van der Waals surface area contributed by atoms with Crippen molar-refractivity contribution >= 4 is 28.8 Å². The first-order valence-corrected chi connectivity index (χ1v) is 9.28. The fourth-order valence-electron chi connectivity index (χ4n) is 3.95. The van der Waals surface area contributed by atoms with Gasteiger partial charge in [-0.25, -0.2) is 9.37 Å². The van der Waals surface area contributed by atoms with Crippen molar-refractivity contribution in [1.29, 1.82) is 0 Å². The third kappa shape index (κ3) is 3.18. The minimum Gasteiger partial charge on any atom is -0.328 e. The number of fused-ring (bicyclic) bond motifs is 3. The molecule has 1 aromatic carbocycles. The molecule has 2 aromatic heterocycles. The first-order valence-electron chi connectivity index (χ1n) is 9.28. The Morgan fingerprint density at radius 3 is 2.81 bits per heavy atom. The van der Waals surface area contributed by atoms with Gasteiger partial charge < -0.3 is 4.90 Å². The molecule has 2 amide bonds. The summed E-state index contributed by atoms with van der Waals surface area (Å²) in [7, 11) is 0. The molecule has 1 spiro atoms. The van der Waals surface area contributed by atoms with Crippen LogP contribution in [0.2, 0.25) is 0 Å². The quantitative estimate of drug-likeness (QED) is 0.617. The van der Waals surface area contributed by atoms with E-state index in [1.54, 1.807) is 0 Å². The van der Waals surface area contributed by atoms with E-state index in [-0.39, 0.29) is 30.0 Å². The Kier molecular flexibility index (Phi) is 4.04. The molecule has 2 atom stereocenters. The van der Waals surface area contributed by atoms with Gasteiger partial charge >= 0.3 is 6.18 Å². The summed E-state index contributed by atoms with van der Waals surface area (Å²) in [6, 6.07) is 2.68. The van der Waals surface area contributed by atoms with E-state index in [9.17, 15) is 27.2 Å². The molecule has 3 aromatic rings. The van der Waals surface area contributed by atoms with Crippen LogP contribution in [0.3, 0.4) is 0 Å². The molecule has 2 N–H and O–H groups in total. The molecule has 1 fully saturated rings. The van der Waals surface area contributed by atoms with E-state index in [0.717, 1.165) is 23.1 Å². The summed E-state index contributed by atoms with van der Waals surface area (Å²) in [5.41, 5.74) is -1.73. The van der Waals surface area contributed by atoms with E-state index in [4.69, 9.17) is 0 Å². The average molecular weight is 434 g/mol. The minimum atomic E-state index is -4.60. The zero-order chi connectivity index (χ0) is 22.0. The zero-order valence-electron chi connectivity index (χ0n) is 15.7. The van der Waals surface area contributed by atoms with Crippen molar-refractivity contribution in [1.82, 2.24) is 25.1 Å². The molecule has 0 radical (unpaired) electrons. The second-order valence-electron chi connectivity index (χ2n) is 7.66. The van der Waals surface area contributed by atoms with Crippen LogP contribution in [0.1, 0.15) is 27.9 Å². The van der Waals surface area contributed by atoms with Crippen LogP contribution in [0.25, 0.3) is 11.0 Å². The number of carbonyl (C=O) groups excluding carboxylic acids is 2. The summed E-state index contributed by atoms with van der Waals surface area (Å²) in [5, 5.41) is 9.53. The Morgan fingerprint density at radius 2 is 2.10 bits per heavy atom. The smallest absolute Gasteiger partial charge is 0.328 e. The lowest BCUT2D eigenvalue weighted by Crippen LogP contribution is -2.47. The van der Waals surface area contributed by atoms with Crippen LogP contribution in [-0.2, 0) is 16.4 Å². The number of alkyl halides is 4. The van der Waals surface area contributed by atoms with Crippen molar-refractivity contribution in [3.05, 3.63) is 47.3 Å². The van der Waals surface area contributed by atoms with Crippen LogP contribution in [0.5, 0.6) is 0 Å². The third-order valence-corrected chi connectivity index (χ3v) is 5.63. The molecule has 160 valence electrons. The molecule has 31 heavy (non-hydrogen) atoms. The fraction of sp³-hybridized carbons (Fsp3) is 0.316. The van der Waals surface area contributed by atoms with Gasteiger partial charge in [-0.2, -0.15) is 23.3 Å². The van der Waals surface area contributed by atoms with E-state index in [2.05, 4.69) is 25.5 Å². The van der Waals surface area contributed by atoms with Crippen molar-refractivity contribution in [2.45, 2.75) is 24.2 Å². The number of amides is 2. The van der Waals surface area contributed by atoms with Crippen LogP contribution in [0.4, 0.5) is 23.5 Å². The Bertz CT molecular complexity index is 1230. The van der Waals surface area contributed by atoms with Gasteiger partial charge in [0.05, 0.1) is 17.1 Å². The lowest BCUT2D eigenvalue weighted by molar-refractivity contribution is -0.137. The van der Waals surface area contributed by atoms with Crippen molar-refractivity contribution in [3.8, 4) is 0 Å². The van der Waals surface area contributed by atoms with Gasteiger partial charge in [0.1, 0.15) is 12.7 Å². The summed E-state index contributed by atoms with van der Waals surface area (Å²) in [4.78, 5) is 34.5. The first-order chi connectivity index (χ1) is 14.7. The number of benzene rings is 1. The number of hydrogen-bond donors (Lipinski definition) is 2. The number of rotatable bonds is 3. The van der Waals surface area contributed by atoms with Crippen molar-refractivity contribution < 1.29 is 27.2 Å². The van der Waals surface area contributed by atoms with E-state index in [1.807, 2.05) is 0 Å². The van der Waals surface area contributed by atoms with Gasteiger partial charge in [0, 0.05) is 23.7 Å². The van der Waals surface area contributed by atoms with Crippen molar-refractivity contribution in [2.75, 3.05) is 18.4 Å². The van der Waals surface area contributed by atoms with Crippen molar-refractivity contribution in [3.63, 3.8) is 0 Å². The number of hydrogen-bond acceptors (Lipinski definition) is 5. The van der Waals surface area contributed by atoms with Gasteiger partial charge in [-0.15, -0.1) is 0 Å². The normalized spacial score (nSPS) is 22.6. The predicted octanol–water partition coefficient (Wildman–Crippen LogP) is 2.45. The number of nitrogens with zero attached hydrogens (tertiary/aromatic N) is 4. The highest BCUT2D eigenvalue weighted by Gasteiger charge is 2.61. The van der Waals surface area contributed by atoms with Crippen LogP contribution in [-0.4, -0.2) is 56.1 Å². The number of anilines is 1. The maximum Gasteiger partial charge on any atom is 0.416 e. The summed E-state index contributed by atoms with van der Waals surface area (Å²) >= 11 is 0. The summed E-state index contributed by atoms with van der Waals surface area (Å²) < 4.78 is 53.6. The molecular formula is C19H14F4N6O2. The van der Waals surface area contributed by atoms with E-state index >= 15 is 0 Å². The number of halogens is 4. The Balaban J connectivity index is 1.38. The molecule has 0 bridgehead atoms. The summed E-state index contributed by atoms with van der Waals surface area (Å²) in [5.74, 6) is -1.26. The molecule has 12 heteroatoms. The van der Waals surface area contributed by atoms with Gasteiger partial charge in [-0.3, -0.25) is 20.0 Å². The van der Waals surface area contributed by atoms with E-state index in [1.165, 1.54) is 12.4 Å². The predicted molar refractivity (Wildman–Crippen MR) is 98.9 cm³/mol. The number of aromatic amines is 1. The Morgan fingerprint density at radius 1 is 1.32 bits per heavy atom. The third-order valence-electron chi connectivity index (χ3n) is 5.63. The summed E-state index contributed by atoms with van der Waals surface area (Å²) in [6.07, 6.45) is -3.04. The lowest BCUT2D eigenvalue weighted by Gasteiger charge is -2.34. The molecule has 8 nitrogen and oxygen atoms in total. The molecule has 0 saturated heterocycles. The molecule has 2 aliphatic rings. The van der Waals surface area contributed by atoms with Gasteiger partial charge in [0.2, 0.25) is 11.9 Å². The minimum absolute atomic E-state index is 0.00763. The highest BCUT2D eigenvalue weighted by atomic mass is 19.4. The fourth-order valence-corrected chi connectivity index (χ4v) is 3.95. The molecule has 0 unspecified atom stereocenters. The van der Waals surface area contributed by atoms with Gasteiger partial charge in [0.15, 0.2) is 5.65 Å². The Labute approximate surface area is 171 Å². The molecule has 3 heterocycles. The van der Waals surface area contributed by atoms with E-state index < -0.39 is 41.7 Å². The van der Waals surface area contributed by atoms with E-state index in [0.29, 0.717) is 11.0 Å². The molecule has 5 rings (SSSR count). The standard InChI is InChI=1S/C19H14F4N6O2/c20-13-4-18(13)8-29(16(31)11-2-1-10(3-12(11)18)19(21,22)23)7-14(30)26-17-24-5-9-6-25-28-15(9)27-17/h1-3,5-6,13H,4,7-8H2,(H2,24,25,26,27,28,30)/t13-,18-/m1/s1. The number of H-pyrrole nitrogens is 1. The maximum atomic E-state index is 14.3. The largest absolute Gasteiger partial charge is 0.416 e. The topological polar surface area (TPSA) is 104 Å². The molecule has 1 aliphatic carbocycles. The zero-order valence-corrected chi connectivity index (χ0v) is 15.7. The van der Waals surface area contributed by atoms with Crippen molar-refractivity contribution in [2.24, 2.45) is 0 Å². The lowest BCUT2D eigenvalue weighted by atomic mass is 9.85. The van der Waals surface area contributed by atoms with Gasteiger partial charge in [-0.1, -0.05) is 0 Å². The van der Waals surface area contributed by atoms with Gasteiger partial charge in [-0.05, 0) is 30.2 Å². The number of nitrogens with one attached hydrogen (secondary N) is 2. The molecule has 1 saturated carbocycles. The maximum absolute atomic E-state index is 14.3. The highest BCUT2D eigenvalue weighted by molar-refractivity contribution is 6.01.